The molecule has 0 amide bonds. The predicted octanol–water partition coefficient (Wildman–Crippen LogP) is 6.53. The molecule has 7 heteroatoms. The fourth-order valence-corrected chi connectivity index (χ4v) is 3.84. The Morgan fingerprint density at radius 2 is 1.38 bits per heavy atom. The normalized spacial score (nSPS) is 10.9. The van der Waals surface area contributed by atoms with Crippen LogP contribution in [-0.4, -0.2) is 14.9 Å². The summed E-state index contributed by atoms with van der Waals surface area (Å²) in [5.41, 5.74) is 1.56. The van der Waals surface area contributed by atoms with Gasteiger partial charge in [0.05, 0.1) is 11.0 Å². The van der Waals surface area contributed by atoms with Gasteiger partial charge in [-0.25, -0.2) is 4.98 Å². The molecule has 0 aliphatic carbocycles. The van der Waals surface area contributed by atoms with Gasteiger partial charge in [0.15, 0.2) is 0 Å². The first kappa shape index (κ1) is 21.1. The number of nitro groups is 1. The highest BCUT2D eigenvalue weighted by atomic mass is 16.6. The second-order valence-corrected chi connectivity index (χ2v) is 7.64. The summed E-state index contributed by atoms with van der Waals surface area (Å²) in [6, 6.07) is 32.3. The smallest absolute Gasteiger partial charge is 0.373 e. The van der Waals surface area contributed by atoms with Gasteiger partial charge in [0, 0.05) is 0 Å². The zero-order chi connectivity index (χ0) is 23.3. The first-order valence-corrected chi connectivity index (χ1v) is 10.7. The van der Waals surface area contributed by atoms with Crippen molar-refractivity contribution in [3.8, 4) is 11.6 Å². The molecule has 0 bridgehead atoms. The second-order valence-electron chi connectivity index (χ2n) is 7.64. The van der Waals surface area contributed by atoms with Crippen LogP contribution >= 0.6 is 0 Å². The number of ether oxygens (including phenoxy) is 1. The number of anilines is 1. The van der Waals surface area contributed by atoms with Crippen molar-refractivity contribution in [1.29, 1.82) is 0 Å². The van der Waals surface area contributed by atoms with Crippen molar-refractivity contribution < 1.29 is 9.66 Å². The van der Waals surface area contributed by atoms with E-state index in [0.717, 1.165) is 21.9 Å². The van der Waals surface area contributed by atoms with Crippen LogP contribution in [0.1, 0.15) is 17.2 Å². The van der Waals surface area contributed by atoms with Crippen LogP contribution in [0.2, 0.25) is 0 Å². The van der Waals surface area contributed by atoms with E-state index in [1.807, 2.05) is 97.1 Å². The molecule has 0 aliphatic heterocycles. The Kier molecular flexibility index (Phi) is 5.82. The fraction of sp³-hybridized carbons (Fsp3) is 0.0370. The minimum atomic E-state index is -0.522. The third-order valence-corrected chi connectivity index (χ3v) is 5.45. The lowest BCUT2D eigenvalue weighted by atomic mass is 9.99. The van der Waals surface area contributed by atoms with Crippen molar-refractivity contribution >= 4 is 22.3 Å². The molecule has 7 nitrogen and oxygen atoms in total. The Balaban J connectivity index is 1.53. The maximum atomic E-state index is 12.1. The number of rotatable bonds is 7. The third kappa shape index (κ3) is 4.40. The summed E-state index contributed by atoms with van der Waals surface area (Å²) in [6.07, 6.45) is 1.26. The van der Waals surface area contributed by atoms with Gasteiger partial charge in [-0.2, -0.15) is 4.98 Å². The van der Waals surface area contributed by atoms with E-state index < -0.39 is 4.92 Å². The van der Waals surface area contributed by atoms with Crippen LogP contribution in [-0.2, 0) is 0 Å². The molecule has 166 valence electrons. The average Bonchev–Trinajstić information content (AvgIpc) is 2.88. The van der Waals surface area contributed by atoms with Crippen LogP contribution in [0, 0.1) is 10.1 Å². The molecule has 4 aromatic carbocycles. The van der Waals surface area contributed by atoms with E-state index in [-0.39, 0.29) is 23.4 Å². The lowest BCUT2D eigenvalue weighted by molar-refractivity contribution is -0.385. The summed E-state index contributed by atoms with van der Waals surface area (Å²) in [5, 5.41) is 17.4. The Hall–Kier alpha value is -4.78. The average molecular weight is 448 g/mol. The number of fused-ring (bicyclic) bond motifs is 1. The molecule has 0 spiro atoms. The van der Waals surface area contributed by atoms with Crippen molar-refractivity contribution in [2.24, 2.45) is 0 Å². The monoisotopic (exact) mass is 448 g/mol. The summed E-state index contributed by atoms with van der Waals surface area (Å²) in [4.78, 5) is 19.9. The number of aromatic nitrogens is 2. The number of benzene rings is 4. The van der Waals surface area contributed by atoms with Gasteiger partial charge in [-0.3, -0.25) is 10.1 Å². The van der Waals surface area contributed by atoms with Gasteiger partial charge in [0.25, 0.3) is 0 Å². The van der Waals surface area contributed by atoms with E-state index in [4.69, 9.17) is 4.74 Å². The van der Waals surface area contributed by atoms with Crippen LogP contribution < -0.4 is 10.1 Å². The largest absolute Gasteiger partial charge is 0.434 e. The first-order valence-electron chi connectivity index (χ1n) is 10.7. The van der Waals surface area contributed by atoms with E-state index in [1.165, 1.54) is 6.33 Å². The molecule has 1 N–H and O–H groups in total. The van der Waals surface area contributed by atoms with Crippen molar-refractivity contribution in [2.75, 3.05) is 5.32 Å². The lowest BCUT2D eigenvalue weighted by Gasteiger charge is -2.20. The highest BCUT2D eigenvalue weighted by Gasteiger charge is 2.27. The van der Waals surface area contributed by atoms with Gasteiger partial charge in [0.2, 0.25) is 5.82 Å². The standard InChI is InChI=1S/C27H20N4O3/c32-31(33)25-26(30-24(20-10-3-1-4-11-20)21-12-5-2-6-13-21)28-18-29-27(25)34-23-16-15-19-9-7-8-14-22(19)17-23/h1-18,24H,(H,28,29,30). The minimum absolute atomic E-state index is 0.0773. The molecule has 0 radical (unpaired) electrons. The molecule has 5 aromatic rings. The molecular weight excluding hydrogens is 428 g/mol. The second kappa shape index (κ2) is 9.38. The topological polar surface area (TPSA) is 90.2 Å². The molecule has 1 heterocycles. The molecule has 0 aliphatic rings. The lowest BCUT2D eigenvalue weighted by Crippen LogP contribution is -2.15. The highest BCUT2D eigenvalue weighted by molar-refractivity contribution is 5.83. The number of hydrogen-bond donors (Lipinski definition) is 1. The fourth-order valence-electron chi connectivity index (χ4n) is 3.84. The van der Waals surface area contributed by atoms with Crippen LogP contribution in [0.15, 0.2) is 109 Å². The summed E-state index contributed by atoms with van der Waals surface area (Å²) >= 11 is 0. The summed E-state index contributed by atoms with van der Waals surface area (Å²) < 4.78 is 5.88. The Morgan fingerprint density at radius 1 is 0.765 bits per heavy atom. The van der Waals surface area contributed by atoms with Gasteiger partial charge in [0.1, 0.15) is 12.1 Å². The maximum Gasteiger partial charge on any atom is 0.373 e. The van der Waals surface area contributed by atoms with Crippen LogP contribution in [0.4, 0.5) is 11.5 Å². The number of hydrogen-bond acceptors (Lipinski definition) is 6. The highest BCUT2D eigenvalue weighted by Crippen LogP contribution is 2.37. The number of nitrogens with zero attached hydrogens (tertiary/aromatic N) is 3. The van der Waals surface area contributed by atoms with Gasteiger partial charge >= 0.3 is 11.6 Å². The molecule has 0 fully saturated rings. The zero-order valence-corrected chi connectivity index (χ0v) is 18.0. The van der Waals surface area contributed by atoms with Crippen LogP contribution in [0.3, 0.4) is 0 Å². The van der Waals surface area contributed by atoms with Gasteiger partial charge < -0.3 is 10.1 Å². The van der Waals surface area contributed by atoms with Crippen molar-refractivity contribution in [3.05, 3.63) is 131 Å². The molecule has 0 unspecified atom stereocenters. The predicted molar refractivity (Wildman–Crippen MR) is 131 cm³/mol. The minimum Gasteiger partial charge on any atom is -0.434 e. The molecule has 5 rings (SSSR count). The van der Waals surface area contributed by atoms with E-state index in [9.17, 15) is 10.1 Å². The summed E-state index contributed by atoms with van der Waals surface area (Å²) in [6.45, 7) is 0. The molecular formula is C27H20N4O3. The SMILES string of the molecule is O=[N+]([O-])c1c(NC(c2ccccc2)c2ccccc2)ncnc1Oc1ccc2ccccc2c1. The van der Waals surface area contributed by atoms with Crippen molar-refractivity contribution in [1.82, 2.24) is 9.97 Å². The van der Waals surface area contributed by atoms with Gasteiger partial charge in [-0.15, -0.1) is 0 Å². The quantitative estimate of drug-likeness (QED) is 0.225. The molecule has 34 heavy (non-hydrogen) atoms. The summed E-state index contributed by atoms with van der Waals surface area (Å²) in [7, 11) is 0. The molecule has 0 atom stereocenters. The van der Waals surface area contributed by atoms with E-state index in [1.54, 1.807) is 6.07 Å². The zero-order valence-electron chi connectivity index (χ0n) is 18.0. The van der Waals surface area contributed by atoms with Gasteiger partial charge in [-0.05, 0) is 34.0 Å². The van der Waals surface area contributed by atoms with Crippen molar-refractivity contribution in [3.63, 3.8) is 0 Å². The molecule has 1 aromatic heterocycles. The van der Waals surface area contributed by atoms with E-state index in [0.29, 0.717) is 5.75 Å². The van der Waals surface area contributed by atoms with Crippen LogP contribution in [0.25, 0.3) is 10.8 Å². The Bertz CT molecular complexity index is 1400. The van der Waals surface area contributed by atoms with Crippen LogP contribution in [0.5, 0.6) is 11.6 Å². The summed E-state index contributed by atoms with van der Waals surface area (Å²) in [5.74, 6) is 0.403. The van der Waals surface area contributed by atoms with E-state index >= 15 is 0 Å². The third-order valence-electron chi connectivity index (χ3n) is 5.45. The molecule has 0 saturated carbocycles. The number of nitrogens with one attached hydrogen (secondary N) is 1. The Labute approximate surface area is 195 Å². The first-order chi connectivity index (χ1) is 16.7. The van der Waals surface area contributed by atoms with Gasteiger partial charge in [-0.1, -0.05) is 91.0 Å². The molecule has 0 saturated heterocycles. The Morgan fingerprint density at radius 3 is 2.03 bits per heavy atom. The van der Waals surface area contributed by atoms with Crippen molar-refractivity contribution in [2.45, 2.75) is 6.04 Å². The maximum absolute atomic E-state index is 12.1. The van der Waals surface area contributed by atoms with E-state index in [2.05, 4.69) is 15.3 Å².